The lowest BCUT2D eigenvalue weighted by molar-refractivity contribution is 0.298. The van der Waals surface area contributed by atoms with Crippen LogP contribution in [0.2, 0.25) is 0 Å². The molecule has 0 bridgehead atoms. The average Bonchev–Trinajstić information content (AvgIpc) is 2.37. The van der Waals surface area contributed by atoms with Crippen LogP contribution in [0.4, 0.5) is 4.39 Å². The van der Waals surface area contributed by atoms with Crippen molar-refractivity contribution < 1.29 is 9.13 Å². The van der Waals surface area contributed by atoms with Gasteiger partial charge in [-0.3, -0.25) is 0 Å². The van der Waals surface area contributed by atoms with E-state index < -0.39 is 0 Å². The largest absolute Gasteiger partial charge is 0.494 e. The summed E-state index contributed by atoms with van der Waals surface area (Å²) >= 11 is 0. The summed E-state index contributed by atoms with van der Waals surface area (Å²) < 4.78 is 19.0. The Morgan fingerprint density at radius 1 is 1.10 bits per heavy atom. The maximum absolute atomic E-state index is 13.3. The topological polar surface area (TPSA) is 35.2 Å². The van der Waals surface area contributed by atoms with Gasteiger partial charge in [-0.15, -0.1) is 0 Å². The Hall–Kier alpha value is -1.87. The summed E-state index contributed by atoms with van der Waals surface area (Å²) in [6.07, 6.45) is 0.650. The van der Waals surface area contributed by atoms with E-state index in [2.05, 4.69) is 0 Å². The van der Waals surface area contributed by atoms with Crippen molar-refractivity contribution in [2.24, 2.45) is 5.73 Å². The van der Waals surface area contributed by atoms with E-state index in [0.29, 0.717) is 13.0 Å². The Bertz CT molecular complexity index is 563. The minimum Gasteiger partial charge on any atom is -0.494 e. The summed E-state index contributed by atoms with van der Waals surface area (Å²) in [5.41, 5.74) is 8.94. The van der Waals surface area contributed by atoms with Gasteiger partial charge in [-0.2, -0.15) is 0 Å². The zero-order valence-electron chi connectivity index (χ0n) is 11.9. The zero-order chi connectivity index (χ0) is 14.5. The van der Waals surface area contributed by atoms with Crippen LogP contribution < -0.4 is 10.5 Å². The minimum absolute atomic E-state index is 0.214. The number of hydrogen-bond donors (Lipinski definition) is 1. The van der Waals surface area contributed by atoms with Gasteiger partial charge in [0.2, 0.25) is 0 Å². The molecule has 2 N–H and O–H groups in total. The van der Waals surface area contributed by atoms with Crippen LogP contribution in [0.3, 0.4) is 0 Å². The molecule has 0 aliphatic carbocycles. The molecule has 20 heavy (non-hydrogen) atoms. The Morgan fingerprint density at radius 3 is 2.60 bits per heavy atom. The van der Waals surface area contributed by atoms with Gasteiger partial charge in [0.05, 0.1) is 6.61 Å². The summed E-state index contributed by atoms with van der Waals surface area (Å²) in [7, 11) is 0. The molecule has 0 heterocycles. The lowest BCUT2D eigenvalue weighted by Gasteiger charge is -2.14. The SMILES string of the molecule is Cc1cccc(OCCC(N)c2cc(C)cc(F)c2)c1. The third kappa shape index (κ3) is 4.07. The average molecular weight is 273 g/mol. The maximum Gasteiger partial charge on any atom is 0.123 e. The van der Waals surface area contributed by atoms with E-state index in [1.807, 2.05) is 44.2 Å². The first-order valence-electron chi connectivity index (χ1n) is 6.77. The second-order valence-electron chi connectivity index (χ2n) is 5.12. The van der Waals surface area contributed by atoms with Crippen LogP contribution in [0.1, 0.15) is 29.2 Å². The molecule has 1 unspecified atom stereocenters. The Kier molecular flexibility index (Phi) is 4.74. The van der Waals surface area contributed by atoms with Crippen molar-refractivity contribution in [3.63, 3.8) is 0 Å². The molecule has 0 aliphatic heterocycles. The molecule has 0 spiro atoms. The smallest absolute Gasteiger partial charge is 0.123 e. The van der Waals surface area contributed by atoms with Gasteiger partial charge >= 0.3 is 0 Å². The van der Waals surface area contributed by atoms with E-state index in [0.717, 1.165) is 22.4 Å². The van der Waals surface area contributed by atoms with E-state index in [9.17, 15) is 4.39 Å². The third-order valence-electron chi connectivity index (χ3n) is 3.18. The van der Waals surface area contributed by atoms with Crippen molar-refractivity contribution in [3.05, 3.63) is 65.0 Å². The molecule has 0 aliphatic rings. The normalized spacial score (nSPS) is 12.2. The quantitative estimate of drug-likeness (QED) is 0.896. The van der Waals surface area contributed by atoms with E-state index >= 15 is 0 Å². The Morgan fingerprint density at radius 2 is 1.90 bits per heavy atom. The van der Waals surface area contributed by atoms with E-state index in [1.165, 1.54) is 12.1 Å². The molecule has 0 fully saturated rings. The van der Waals surface area contributed by atoms with Gasteiger partial charge in [0.25, 0.3) is 0 Å². The van der Waals surface area contributed by atoms with Crippen molar-refractivity contribution in [1.29, 1.82) is 0 Å². The summed E-state index contributed by atoms with van der Waals surface area (Å²) in [5.74, 6) is 0.600. The van der Waals surface area contributed by atoms with E-state index in [-0.39, 0.29) is 11.9 Å². The van der Waals surface area contributed by atoms with Gasteiger partial charge in [0, 0.05) is 12.5 Å². The lowest BCUT2D eigenvalue weighted by Crippen LogP contribution is -2.14. The predicted molar refractivity (Wildman–Crippen MR) is 79.4 cm³/mol. The molecule has 0 radical (unpaired) electrons. The fourth-order valence-corrected chi connectivity index (χ4v) is 2.15. The van der Waals surface area contributed by atoms with Crippen LogP contribution in [0.25, 0.3) is 0 Å². The maximum atomic E-state index is 13.3. The number of aryl methyl sites for hydroxylation is 2. The number of benzene rings is 2. The van der Waals surface area contributed by atoms with Crippen molar-refractivity contribution in [2.45, 2.75) is 26.3 Å². The molecule has 2 aromatic carbocycles. The lowest BCUT2D eigenvalue weighted by atomic mass is 10.0. The number of hydrogen-bond acceptors (Lipinski definition) is 2. The highest BCUT2D eigenvalue weighted by molar-refractivity contribution is 5.28. The second kappa shape index (κ2) is 6.53. The van der Waals surface area contributed by atoms with Crippen molar-refractivity contribution >= 4 is 0 Å². The van der Waals surface area contributed by atoms with E-state index in [1.54, 1.807) is 0 Å². The van der Waals surface area contributed by atoms with Gasteiger partial charge in [-0.1, -0.05) is 18.2 Å². The minimum atomic E-state index is -0.241. The number of halogens is 1. The third-order valence-corrected chi connectivity index (χ3v) is 3.18. The summed E-state index contributed by atoms with van der Waals surface area (Å²) in [6.45, 7) is 4.40. The number of nitrogens with two attached hydrogens (primary N) is 1. The molecule has 0 saturated carbocycles. The van der Waals surface area contributed by atoms with Crippen LogP contribution in [-0.4, -0.2) is 6.61 Å². The number of ether oxygens (including phenoxy) is 1. The Labute approximate surface area is 119 Å². The fraction of sp³-hybridized carbons (Fsp3) is 0.294. The molecule has 1 atom stereocenters. The predicted octanol–water partition coefficient (Wildman–Crippen LogP) is 3.91. The molecule has 0 amide bonds. The summed E-state index contributed by atoms with van der Waals surface area (Å²) in [5, 5.41) is 0. The number of rotatable bonds is 5. The summed E-state index contributed by atoms with van der Waals surface area (Å²) in [6, 6.07) is 12.6. The zero-order valence-corrected chi connectivity index (χ0v) is 11.9. The van der Waals surface area contributed by atoms with Crippen LogP contribution >= 0.6 is 0 Å². The molecule has 2 rings (SSSR count). The van der Waals surface area contributed by atoms with Crippen molar-refractivity contribution in [2.75, 3.05) is 6.61 Å². The highest BCUT2D eigenvalue weighted by atomic mass is 19.1. The highest BCUT2D eigenvalue weighted by Gasteiger charge is 2.08. The molecule has 2 nitrogen and oxygen atoms in total. The first-order valence-corrected chi connectivity index (χ1v) is 6.77. The van der Waals surface area contributed by atoms with Gasteiger partial charge in [-0.25, -0.2) is 4.39 Å². The summed E-state index contributed by atoms with van der Waals surface area (Å²) in [4.78, 5) is 0. The molecule has 2 aromatic rings. The van der Waals surface area contributed by atoms with Gasteiger partial charge in [-0.05, 0) is 54.8 Å². The first-order chi connectivity index (χ1) is 9.54. The van der Waals surface area contributed by atoms with Crippen LogP contribution in [0.5, 0.6) is 5.75 Å². The molecule has 106 valence electrons. The van der Waals surface area contributed by atoms with Crippen LogP contribution in [0, 0.1) is 19.7 Å². The monoisotopic (exact) mass is 273 g/mol. The first kappa shape index (κ1) is 14.5. The molecule has 0 saturated heterocycles. The molecule has 0 aromatic heterocycles. The molecule has 3 heteroatoms. The Balaban J connectivity index is 1.90. The fourth-order valence-electron chi connectivity index (χ4n) is 2.15. The van der Waals surface area contributed by atoms with Crippen LogP contribution in [0.15, 0.2) is 42.5 Å². The van der Waals surface area contributed by atoms with E-state index in [4.69, 9.17) is 10.5 Å². The van der Waals surface area contributed by atoms with Gasteiger partial charge in [0.1, 0.15) is 11.6 Å². The van der Waals surface area contributed by atoms with Gasteiger partial charge < -0.3 is 10.5 Å². The standard InChI is InChI=1S/C17H20FNO/c1-12-4-3-5-16(10-12)20-7-6-17(19)14-8-13(2)9-15(18)11-14/h3-5,8-11,17H,6-7,19H2,1-2H3. The van der Waals surface area contributed by atoms with Crippen molar-refractivity contribution in [3.8, 4) is 5.75 Å². The van der Waals surface area contributed by atoms with Crippen LogP contribution in [-0.2, 0) is 0 Å². The molecular formula is C17H20FNO. The van der Waals surface area contributed by atoms with Gasteiger partial charge in [0.15, 0.2) is 0 Å². The van der Waals surface area contributed by atoms with Crippen molar-refractivity contribution in [1.82, 2.24) is 0 Å². The molecular weight excluding hydrogens is 253 g/mol. The second-order valence-corrected chi connectivity index (χ2v) is 5.12. The highest BCUT2D eigenvalue weighted by Crippen LogP contribution is 2.19.